The summed E-state index contributed by atoms with van der Waals surface area (Å²) in [5.74, 6) is 0.348. The lowest BCUT2D eigenvalue weighted by atomic mass is 10.1. The van der Waals surface area contributed by atoms with E-state index in [0.29, 0.717) is 32.3 Å². The second kappa shape index (κ2) is 12.0. The van der Waals surface area contributed by atoms with Crippen LogP contribution in [0.5, 0.6) is 0 Å². The Kier molecular flexibility index (Phi) is 9.65. The molecule has 2 aromatic rings. The highest BCUT2D eigenvalue weighted by molar-refractivity contribution is 5.24. The van der Waals surface area contributed by atoms with Crippen molar-refractivity contribution >= 4 is 0 Å². The Hall–Kier alpha value is -1.72. The quantitative estimate of drug-likeness (QED) is 0.485. The van der Waals surface area contributed by atoms with E-state index in [1.54, 1.807) is 14.2 Å². The molecule has 0 saturated carbocycles. The fourth-order valence-corrected chi connectivity index (χ4v) is 2.85. The number of hydrogen-bond acceptors (Lipinski definition) is 4. The molecule has 28 heavy (non-hydrogen) atoms. The zero-order valence-electron chi connectivity index (χ0n) is 17.8. The average Bonchev–Trinajstić information content (AvgIpc) is 2.73. The van der Waals surface area contributed by atoms with Crippen molar-refractivity contribution in [3.8, 4) is 0 Å². The van der Waals surface area contributed by atoms with Gasteiger partial charge in [0.2, 0.25) is 0 Å². The lowest BCUT2D eigenvalue weighted by Gasteiger charge is -2.14. The number of methoxy groups -OCH3 is 2. The Morgan fingerprint density at radius 1 is 0.607 bits per heavy atom. The molecular weight excluding hydrogens is 352 g/mol. The van der Waals surface area contributed by atoms with E-state index in [1.165, 1.54) is 22.3 Å². The maximum Gasteiger partial charge on any atom is 0.0793 e. The van der Waals surface area contributed by atoms with Crippen LogP contribution in [0.4, 0.5) is 0 Å². The van der Waals surface area contributed by atoms with Gasteiger partial charge in [0, 0.05) is 20.1 Å². The Labute approximate surface area is 169 Å². The smallest absolute Gasteiger partial charge is 0.0793 e. The summed E-state index contributed by atoms with van der Waals surface area (Å²) in [7, 11) is 3.45. The predicted molar refractivity (Wildman–Crippen MR) is 112 cm³/mol. The fraction of sp³-hybridized carbons (Fsp3) is 0.500. The van der Waals surface area contributed by atoms with E-state index < -0.39 is 0 Å². The van der Waals surface area contributed by atoms with Crippen LogP contribution in [0.15, 0.2) is 48.5 Å². The molecule has 2 atom stereocenters. The molecule has 0 radical (unpaired) electrons. The van der Waals surface area contributed by atoms with Gasteiger partial charge in [-0.05, 0) is 36.1 Å². The van der Waals surface area contributed by atoms with Gasteiger partial charge in [-0.15, -0.1) is 0 Å². The lowest BCUT2D eigenvalue weighted by molar-refractivity contribution is 0.0335. The molecular formula is C24H34O4. The van der Waals surface area contributed by atoms with E-state index >= 15 is 0 Å². The Morgan fingerprint density at radius 3 is 1.29 bits per heavy atom. The molecule has 0 spiro atoms. The van der Waals surface area contributed by atoms with E-state index in [1.807, 2.05) is 13.8 Å². The first kappa shape index (κ1) is 22.6. The number of hydrogen-bond donors (Lipinski definition) is 0. The van der Waals surface area contributed by atoms with Gasteiger partial charge in [-0.25, -0.2) is 0 Å². The minimum absolute atomic E-state index is 0.117. The van der Waals surface area contributed by atoms with Crippen molar-refractivity contribution in [2.45, 2.75) is 46.2 Å². The molecule has 154 valence electrons. The van der Waals surface area contributed by atoms with Gasteiger partial charge in [-0.1, -0.05) is 55.5 Å². The fourth-order valence-electron chi connectivity index (χ4n) is 2.85. The van der Waals surface area contributed by atoms with Gasteiger partial charge in [0.25, 0.3) is 0 Å². The van der Waals surface area contributed by atoms with Gasteiger partial charge in [0.05, 0.1) is 38.6 Å². The molecule has 0 amide bonds. The summed E-state index contributed by atoms with van der Waals surface area (Å²) < 4.78 is 22.3. The normalized spacial score (nSPS) is 14.6. The van der Waals surface area contributed by atoms with Crippen LogP contribution >= 0.6 is 0 Å². The third kappa shape index (κ3) is 7.36. The van der Waals surface area contributed by atoms with Crippen molar-refractivity contribution in [2.75, 3.05) is 27.4 Å². The molecule has 0 saturated heterocycles. The topological polar surface area (TPSA) is 36.9 Å². The van der Waals surface area contributed by atoms with Crippen molar-refractivity contribution in [1.29, 1.82) is 0 Å². The van der Waals surface area contributed by atoms with Crippen LogP contribution in [0.3, 0.4) is 0 Å². The summed E-state index contributed by atoms with van der Waals surface area (Å²) in [6, 6.07) is 16.8. The Morgan fingerprint density at radius 2 is 0.964 bits per heavy atom. The highest BCUT2D eigenvalue weighted by Crippen LogP contribution is 2.18. The van der Waals surface area contributed by atoms with Crippen LogP contribution in [0.1, 0.15) is 55.2 Å². The predicted octanol–water partition coefficient (Wildman–Crippen LogP) is 5.47. The molecule has 0 aromatic heterocycles. The summed E-state index contributed by atoms with van der Waals surface area (Å²) in [4.78, 5) is 0. The van der Waals surface area contributed by atoms with Crippen molar-refractivity contribution in [2.24, 2.45) is 5.92 Å². The molecule has 0 fully saturated rings. The van der Waals surface area contributed by atoms with E-state index in [2.05, 4.69) is 55.5 Å². The van der Waals surface area contributed by atoms with Gasteiger partial charge in [0.1, 0.15) is 0 Å². The highest BCUT2D eigenvalue weighted by atomic mass is 16.5. The summed E-state index contributed by atoms with van der Waals surface area (Å²) in [6.07, 6.45) is 0.235. The van der Waals surface area contributed by atoms with Gasteiger partial charge in [-0.2, -0.15) is 0 Å². The molecule has 0 N–H and O–H groups in total. The SMILES string of the molecule is COC(C)c1ccc(COCC(C)COCc2ccc(C(C)OC)cc2)cc1. The monoisotopic (exact) mass is 386 g/mol. The van der Waals surface area contributed by atoms with Crippen LogP contribution in [-0.4, -0.2) is 27.4 Å². The van der Waals surface area contributed by atoms with Gasteiger partial charge < -0.3 is 18.9 Å². The van der Waals surface area contributed by atoms with E-state index in [-0.39, 0.29) is 12.2 Å². The molecule has 2 unspecified atom stereocenters. The molecule has 4 nitrogen and oxygen atoms in total. The molecule has 0 bridgehead atoms. The van der Waals surface area contributed by atoms with Gasteiger partial charge in [-0.3, -0.25) is 0 Å². The van der Waals surface area contributed by atoms with E-state index in [4.69, 9.17) is 18.9 Å². The zero-order chi connectivity index (χ0) is 20.4. The van der Waals surface area contributed by atoms with Crippen molar-refractivity contribution in [3.63, 3.8) is 0 Å². The molecule has 0 aliphatic heterocycles. The molecule has 2 rings (SSSR count). The van der Waals surface area contributed by atoms with Crippen LogP contribution in [-0.2, 0) is 32.2 Å². The standard InChI is InChI=1S/C24H34O4/c1-18(14-27-16-21-6-10-23(11-7-21)19(2)25-4)15-28-17-22-8-12-24(13-9-22)20(3)26-5/h6-13,18-20H,14-17H2,1-5H3. The summed E-state index contributed by atoms with van der Waals surface area (Å²) >= 11 is 0. The number of ether oxygens (including phenoxy) is 4. The minimum atomic E-state index is 0.117. The van der Waals surface area contributed by atoms with E-state index in [9.17, 15) is 0 Å². The highest BCUT2D eigenvalue weighted by Gasteiger charge is 2.06. The third-order valence-electron chi connectivity index (χ3n) is 4.95. The first-order valence-electron chi connectivity index (χ1n) is 9.92. The molecule has 0 aliphatic rings. The second-order valence-corrected chi connectivity index (χ2v) is 7.37. The number of rotatable bonds is 12. The molecule has 4 heteroatoms. The van der Waals surface area contributed by atoms with Crippen LogP contribution in [0, 0.1) is 5.92 Å². The van der Waals surface area contributed by atoms with Gasteiger partial charge in [0.15, 0.2) is 0 Å². The maximum atomic E-state index is 5.84. The van der Waals surface area contributed by atoms with Crippen molar-refractivity contribution in [3.05, 3.63) is 70.8 Å². The third-order valence-corrected chi connectivity index (χ3v) is 4.95. The summed E-state index contributed by atoms with van der Waals surface area (Å²) in [6.45, 7) is 8.83. The number of benzene rings is 2. The lowest BCUT2D eigenvalue weighted by Crippen LogP contribution is -2.13. The Balaban J connectivity index is 1.64. The Bertz CT molecular complexity index is 607. The molecule has 0 heterocycles. The van der Waals surface area contributed by atoms with Crippen LogP contribution < -0.4 is 0 Å². The van der Waals surface area contributed by atoms with E-state index in [0.717, 1.165) is 0 Å². The second-order valence-electron chi connectivity index (χ2n) is 7.37. The van der Waals surface area contributed by atoms with Crippen LogP contribution in [0.25, 0.3) is 0 Å². The first-order valence-corrected chi connectivity index (χ1v) is 9.92. The first-order chi connectivity index (χ1) is 13.5. The minimum Gasteiger partial charge on any atom is -0.377 e. The largest absolute Gasteiger partial charge is 0.377 e. The van der Waals surface area contributed by atoms with Crippen molar-refractivity contribution < 1.29 is 18.9 Å². The summed E-state index contributed by atoms with van der Waals surface area (Å²) in [5, 5.41) is 0. The average molecular weight is 387 g/mol. The van der Waals surface area contributed by atoms with Crippen LogP contribution in [0.2, 0.25) is 0 Å². The molecule has 0 aliphatic carbocycles. The van der Waals surface area contributed by atoms with Gasteiger partial charge >= 0.3 is 0 Å². The molecule has 2 aromatic carbocycles. The summed E-state index contributed by atoms with van der Waals surface area (Å²) in [5.41, 5.74) is 4.70. The zero-order valence-corrected chi connectivity index (χ0v) is 17.8. The van der Waals surface area contributed by atoms with Crippen molar-refractivity contribution in [1.82, 2.24) is 0 Å². The maximum absolute atomic E-state index is 5.84.